The van der Waals surface area contributed by atoms with E-state index in [1.54, 1.807) is 0 Å². The van der Waals surface area contributed by atoms with Crippen LogP contribution in [0.2, 0.25) is 0 Å². The standard InChI is InChI=1S/C12H18N4O2/c13-5-4-9-3-1-2-6-16(9)12(18)10-7-15-11(17)8-14-10/h7-9H,1-6,13H2,(H,15,17). The molecule has 18 heavy (non-hydrogen) atoms. The molecule has 0 radical (unpaired) electrons. The Labute approximate surface area is 105 Å². The fraction of sp³-hybridized carbons (Fsp3) is 0.583. The van der Waals surface area contributed by atoms with Gasteiger partial charge in [-0.1, -0.05) is 0 Å². The van der Waals surface area contributed by atoms with E-state index in [0.717, 1.165) is 38.4 Å². The number of hydrogen-bond acceptors (Lipinski definition) is 4. The first-order chi connectivity index (χ1) is 8.72. The Morgan fingerprint density at radius 2 is 2.39 bits per heavy atom. The van der Waals surface area contributed by atoms with Gasteiger partial charge in [-0.3, -0.25) is 9.59 Å². The van der Waals surface area contributed by atoms with Crippen LogP contribution in [0.1, 0.15) is 36.2 Å². The Morgan fingerprint density at radius 1 is 1.56 bits per heavy atom. The highest BCUT2D eigenvalue weighted by Crippen LogP contribution is 2.20. The predicted octanol–water partition coefficient (Wildman–Crippen LogP) is 0.113. The van der Waals surface area contributed by atoms with E-state index in [4.69, 9.17) is 5.73 Å². The summed E-state index contributed by atoms with van der Waals surface area (Å²) in [6.07, 6.45) is 6.46. The largest absolute Gasteiger partial charge is 0.334 e. The van der Waals surface area contributed by atoms with Crippen LogP contribution in [0.4, 0.5) is 0 Å². The lowest BCUT2D eigenvalue weighted by Gasteiger charge is -2.35. The fourth-order valence-corrected chi connectivity index (χ4v) is 2.37. The van der Waals surface area contributed by atoms with Gasteiger partial charge in [0.25, 0.3) is 11.5 Å². The van der Waals surface area contributed by atoms with Crippen molar-refractivity contribution in [2.24, 2.45) is 5.73 Å². The Balaban J connectivity index is 2.15. The molecule has 0 saturated carbocycles. The maximum absolute atomic E-state index is 12.3. The molecule has 1 saturated heterocycles. The molecule has 0 aromatic carbocycles. The third-order valence-electron chi connectivity index (χ3n) is 3.28. The Kier molecular flexibility index (Phi) is 4.09. The van der Waals surface area contributed by atoms with Gasteiger partial charge in [-0.2, -0.15) is 0 Å². The number of hydrogen-bond donors (Lipinski definition) is 2. The fourth-order valence-electron chi connectivity index (χ4n) is 2.37. The molecule has 0 bridgehead atoms. The number of nitrogens with two attached hydrogens (primary N) is 1. The summed E-state index contributed by atoms with van der Waals surface area (Å²) in [6.45, 7) is 1.32. The second-order valence-corrected chi connectivity index (χ2v) is 4.52. The minimum absolute atomic E-state index is 0.121. The van der Waals surface area contributed by atoms with Crippen molar-refractivity contribution in [3.8, 4) is 0 Å². The van der Waals surface area contributed by atoms with Crippen molar-refractivity contribution in [3.05, 3.63) is 28.4 Å². The smallest absolute Gasteiger partial charge is 0.274 e. The van der Waals surface area contributed by atoms with Crippen LogP contribution < -0.4 is 11.3 Å². The third kappa shape index (κ3) is 2.76. The summed E-state index contributed by atoms with van der Waals surface area (Å²) in [6, 6.07) is 0.199. The van der Waals surface area contributed by atoms with Gasteiger partial charge in [-0.15, -0.1) is 0 Å². The number of nitrogens with zero attached hydrogens (tertiary/aromatic N) is 2. The van der Waals surface area contributed by atoms with Crippen molar-refractivity contribution in [2.45, 2.75) is 31.7 Å². The number of amides is 1. The maximum atomic E-state index is 12.3. The van der Waals surface area contributed by atoms with Gasteiger partial charge in [0.05, 0.1) is 6.20 Å². The van der Waals surface area contributed by atoms with Gasteiger partial charge in [-0.05, 0) is 32.2 Å². The quantitative estimate of drug-likeness (QED) is 0.796. The van der Waals surface area contributed by atoms with E-state index < -0.39 is 0 Å². The molecular weight excluding hydrogens is 232 g/mol. The molecule has 0 spiro atoms. The molecule has 3 N–H and O–H groups in total. The van der Waals surface area contributed by atoms with Crippen molar-refractivity contribution < 1.29 is 4.79 Å². The number of carbonyl (C=O) groups excluding carboxylic acids is 1. The highest BCUT2D eigenvalue weighted by Gasteiger charge is 2.27. The number of carbonyl (C=O) groups is 1. The summed E-state index contributed by atoms with van der Waals surface area (Å²) < 4.78 is 0. The SMILES string of the molecule is NCCC1CCCCN1C(=O)c1c[nH]c(=O)cn1. The minimum atomic E-state index is -0.302. The van der Waals surface area contributed by atoms with Crippen molar-refractivity contribution in [1.82, 2.24) is 14.9 Å². The second-order valence-electron chi connectivity index (χ2n) is 4.52. The summed E-state index contributed by atoms with van der Waals surface area (Å²) in [5, 5.41) is 0. The van der Waals surface area contributed by atoms with Crippen LogP contribution in [0.15, 0.2) is 17.2 Å². The number of likely N-dealkylation sites (tertiary alicyclic amines) is 1. The molecule has 6 heteroatoms. The molecule has 6 nitrogen and oxygen atoms in total. The number of aromatic nitrogens is 2. The molecular formula is C12H18N4O2. The molecule has 98 valence electrons. The molecule has 1 aliphatic rings. The first-order valence-electron chi connectivity index (χ1n) is 6.28. The highest BCUT2D eigenvalue weighted by molar-refractivity contribution is 5.92. The van der Waals surface area contributed by atoms with Crippen LogP contribution in [0, 0.1) is 0 Å². The number of piperidine rings is 1. The molecule has 1 aliphatic heterocycles. The van der Waals surface area contributed by atoms with E-state index in [0.29, 0.717) is 12.2 Å². The van der Waals surface area contributed by atoms with Crippen LogP contribution in [0.5, 0.6) is 0 Å². The summed E-state index contributed by atoms with van der Waals surface area (Å²) in [7, 11) is 0. The monoisotopic (exact) mass is 250 g/mol. The molecule has 1 atom stereocenters. The highest BCUT2D eigenvalue weighted by atomic mass is 16.2. The van der Waals surface area contributed by atoms with E-state index in [2.05, 4.69) is 9.97 Å². The minimum Gasteiger partial charge on any atom is -0.334 e. The summed E-state index contributed by atoms with van der Waals surface area (Å²) in [4.78, 5) is 31.4. The average Bonchev–Trinajstić information content (AvgIpc) is 2.40. The summed E-state index contributed by atoms with van der Waals surface area (Å²) in [5.41, 5.74) is 5.57. The molecule has 1 amide bonds. The zero-order valence-electron chi connectivity index (χ0n) is 10.3. The Morgan fingerprint density at radius 3 is 3.06 bits per heavy atom. The summed E-state index contributed by atoms with van der Waals surface area (Å²) in [5.74, 6) is -0.121. The Hall–Kier alpha value is -1.69. The molecule has 1 aromatic rings. The van der Waals surface area contributed by atoms with Crippen LogP contribution in [-0.4, -0.2) is 39.9 Å². The zero-order chi connectivity index (χ0) is 13.0. The van der Waals surface area contributed by atoms with Crippen LogP contribution >= 0.6 is 0 Å². The van der Waals surface area contributed by atoms with Crippen molar-refractivity contribution in [2.75, 3.05) is 13.1 Å². The number of nitrogens with one attached hydrogen (secondary N) is 1. The van der Waals surface area contributed by atoms with Gasteiger partial charge in [0, 0.05) is 18.8 Å². The van der Waals surface area contributed by atoms with Gasteiger partial charge in [-0.25, -0.2) is 4.98 Å². The van der Waals surface area contributed by atoms with Crippen molar-refractivity contribution in [1.29, 1.82) is 0 Å². The van der Waals surface area contributed by atoms with E-state index in [-0.39, 0.29) is 17.5 Å². The first-order valence-corrected chi connectivity index (χ1v) is 6.28. The van der Waals surface area contributed by atoms with Crippen LogP contribution in [0.25, 0.3) is 0 Å². The lowest BCUT2D eigenvalue weighted by Crippen LogP contribution is -2.45. The second kappa shape index (κ2) is 5.77. The van der Waals surface area contributed by atoms with Crippen LogP contribution in [0.3, 0.4) is 0 Å². The molecule has 1 fully saturated rings. The number of H-pyrrole nitrogens is 1. The lowest BCUT2D eigenvalue weighted by molar-refractivity contribution is 0.0598. The van der Waals surface area contributed by atoms with Gasteiger partial charge in [0.15, 0.2) is 0 Å². The average molecular weight is 250 g/mol. The third-order valence-corrected chi connectivity index (χ3v) is 3.28. The topological polar surface area (TPSA) is 92.1 Å². The van der Waals surface area contributed by atoms with Gasteiger partial charge in [0.1, 0.15) is 5.69 Å². The molecule has 1 aromatic heterocycles. The summed E-state index contributed by atoms with van der Waals surface area (Å²) >= 11 is 0. The van der Waals surface area contributed by atoms with Crippen molar-refractivity contribution in [3.63, 3.8) is 0 Å². The Bertz CT molecular complexity index is 449. The molecule has 2 heterocycles. The van der Waals surface area contributed by atoms with E-state index in [9.17, 15) is 9.59 Å². The normalized spacial score (nSPS) is 19.8. The first kappa shape index (κ1) is 12.8. The number of rotatable bonds is 3. The zero-order valence-corrected chi connectivity index (χ0v) is 10.3. The van der Waals surface area contributed by atoms with Gasteiger partial charge >= 0.3 is 0 Å². The maximum Gasteiger partial charge on any atom is 0.274 e. The molecule has 0 aliphatic carbocycles. The van der Waals surface area contributed by atoms with E-state index in [1.165, 1.54) is 6.20 Å². The molecule has 1 unspecified atom stereocenters. The number of aromatic amines is 1. The molecule has 2 rings (SSSR count). The predicted molar refractivity (Wildman–Crippen MR) is 67.2 cm³/mol. The van der Waals surface area contributed by atoms with E-state index >= 15 is 0 Å². The van der Waals surface area contributed by atoms with Gasteiger partial charge < -0.3 is 15.6 Å². The lowest BCUT2D eigenvalue weighted by atomic mass is 9.99. The van der Waals surface area contributed by atoms with Gasteiger partial charge in [0.2, 0.25) is 0 Å². The van der Waals surface area contributed by atoms with Crippen LogP contribution in [-0.2, 0) is 0 Å². The van der Waals surface area contributed by atoms with E-state index in [1.807, 2.05) is 4.90 Å². The van der Waals surface area contributed by atoms with Crippen molar-refractivity contribution >= 4 is 5.91 Å².